The van der Waals surface area contributed by atoms with Gasteiger partial charge in [-0.25, -0.2) is 0 Å². The first-order valence-corrected chi connectivity index (χ1v) is 11.3. The van der Waals surface area contributed by atoms with Crippen LogP contribution in [0.2, 0.25) is 0 Å². The van der Waals surface area contributed by atoms with Crippen molar-refractivity contribution < 1.29 is 19.1 Å². The summed E-state index contributed by atoms with van der Waals surface area (Å²) in [4.78, 5) is 44.2. The number of hydrogen-bond acceptors (Lipinski definition) is 6. The molecule has 0 radical (unpaired) electrons. The summed E-state index contributed by atoms with van der Waals surface area (Å²) in [6, 6.07) is 9.27. The first-order valence-electron chi connectivity index (χ1n) is 10.4. The second-order valence-electron chi connectivity index (χ2n) is 8.21. The lowest BCUT2D eigenvalue weighted by Crippen LogP contribution is -2.50. The minimum atomic E-state index is -1.18. The number of likely N-dealkylation sites (N-methyl/N-ethyl adjacent to an activating group) is 1. The molecule has 164 valence electrons. The Kier molecular flexibility index (Phi) is 6.11. The molecule has 3 amide bonds. The molecule has 0 spiro atoms. The summed E-state index contributed by atoms with van der Waals surface area (Å²) in [5, 5.41) is 4.22. The van der Waals surface area contributed by atoms with Crippen molar-refractivity contribution in [2.75, 3.05) is 40.3 Å². The van der Waals surface area contributed by atoms with Crippen LogP contribution in [0.1, 0.15) is 24.0 Å². The number of piperazine rings is 1. The number of amides is 3. The molecule has 0 bridgehead atoms. The number of carbonyl (C=O) groups excluding carboxylic acids is 3. The molecule has 2 aromatic rings. The van der Waals surface area contributed by atoms with Crippen molar-refractivity contribution in [1.29, 1.82) is 0 Å². The maximum Gasteiger partial charge on any atom is 0.240 e. The van der Waals surface area contributed by atoms with Gasteiger partial charge in [0.2, 0.25) is 17.7 Å². The quantitative estimate of drug-likeness (QED) is 0.643. The summed E-state index contributed by atoms with van der Waals surface area (Å²) in [5.74, 6) is -0.0768. The van der Waals surface area contributed by atoms with Crippen LogP contribution in [0.5, 0.6) is 5.75 Å². The van der Waals surface area contributed by atoms with E-state index >= 15 is 0 Å². The maximum absolute atomic E-state index is 13.3. The maximum atomic E-state index is 13.3. The van der Waals surface area contributed by atoms with E-state index in [1.54, 1.807) is 42.7 Å². The minimum absolute atomic E-state index is 0.000633. The van der Waals surface area contributed by atoms with E-state index in [0.717, 1.165) is 24.5 Å². The second-order valence-corrected chi connectivity index (χ2v) is 8.99. The van der Waals surface area contributed by atoms with Crippen LogP contribution in [0, 0.1) is 0 Å². The predicted molar refractivity (Wildman–Crippen MR) is 118 cm³/mol. The lowest BCUT2D eigenvalue weighted by molar-refractivity contribution is -0.142. The van der Waals surface area contributed by atoms with E-state index in [2.05, 4.69) is 21.7 Å². The zero-order valence-electron chi connectivity index (χ0n) is 17.9. The fraction of sp³-hybridized carbons (Fsp3) is 0.435. The van der Waals surface area contributed by atoms with Crippen molar-refractivity contribution in [2.45, 2.75) is 24.8 Å². The summed E-state index contributed by atoms with van der Waals surface area (Å²) in [6.07, 6.45) is -0.0149. The van der Waals surface area contributed by atoms with Crippen molar-refractivity contribution in [3.63, 3.8) is 0 Å². The summed E-state index contributed by atoms with van der Waals surface area (Å²) in [5.41, 5.74) is 0.768. The molecule has 2 aliphatic rings. The van der Waals surface area contributed by atoms with Crippen LogP contribution >= 0.6 is 11.3 Å². The molecule has 2 aliphatic heterocycles. The van der Waals surface area contributed by atoms with E-state index in [0.29, 0.717) is 24.4 Å². The van der Waals surface area contributed by atoms with Crippen molar-refractivity contribution >= 4 is 29.1 Å². The number of ether oxygens (including phenoxy) is 1. The molecule has 4 rings (SSSR count). The molecule has 2 saturated heterocycles. The number of nitrogens with zero attached hydrogens (tertiary/aromatic N) is 3. The number of carbonyl (C=O) groups is 3. The second kappa shape index (κ2) is 8.80. The Morgan fingerprint density at radius 3 is 2.55 bits per heavy atom. The molecule has 1 atom stereocenters. The van der Waals surface area contributed by atoms with Gasteiger partial charge in [0.25, 0.3) is 0 Å². The number of likely N-dealkylation sites (tertiary alicyclic amines) is 1. The molecule has 7 nitrogen and oxygen atoms in total. The van der Waals surface area contributed by atoms with Crippen LogP contribution in [0.15, 0.2) is 41.1 Å². The van der Waals surface area contributed by atoms with Gasteiger partial charge in [-0.3, -0.25) is 24.2 Å². The first-order chi connectivity index (χ1) is 14.9. The minimum Gasteiger partial charge on any atom is -0.497 e. The number of hydrogen-bond donors (Lipinski definition) is 0. The predicted octanol–water partition coefficient (Wildman–Crippen LogP) is 2.12. The van der Waals surface area contributed by atoms with Crippen LogP contribution in [-0.2, 0) is 26.3 Å². The van der Waals surface area contributed by atoms with Gasteiger partial charge in [0.1, 0.15) is 5.75 Å². The van der Waals surface area contributed by atoms with Gasteiger partial charge in [0, 0.05) is 52.6 Å². The van der Waals surface area contributed by atoms with Crippen molar-refractivity contribution in [1.82, 2.24) is 14.7 Å². The molecular weight excluding hydrogens is 414 g/mol. The van der Waals surface area contributed by atoms with E-state index in [9.17, 15) is 14.4 Å². The van der Waals surface area contributed by atoms with Crippen LogP contribution in [0.25, 0.3) is 0 Å². The highest BCUT2D eigenvalue weighted by molar-refractivity contribution is 7.07. The number of thiophene rings is 1. The van der Waals surface area contributed by atoms with Gasteiger partial charge in [-0.1, -0.05) is 12.1 Å². The SMILES string of the molecule is COc1cccc(C2(CC(=O)N3CCN(Cc4ccsc4)CC3)CC(=O)N(C)C2=O)c1. The van der Waals surface area contributed by atoms with Crippen LogP contribution in [0.4, 0.5) is 0 Å². The molecular formula is C23H27N3O4S. The third kappa shape index (κ3) is 4.22. The van der Waals surface area contributed by atoms with Gasteiger partial charge in [-0.2, -0.15) is 11.3 Å². The fourth-order valence-electron chi connectivity index (χ4n) is 4.44. The van der Waals surface area contributed by atoms with Crippen LogP contribution in [0.3, 0.4) is 0 Å². The van der Waals surface area contributed by atoms with E-state index in [1.165, 1.54) is 12.6 Å². The number of benzene rings is 1. The summed E-state index contributed by atoms with van der Waals surface area (Å²) >= 11 is 1.69. The van der Waals surface area contributed by atoms with Gasteiger partial charge in [0.05, 0.1) is 12.5 Å². The molecule has 0 aliphatic carbocycles. The topological polar surface area (TPSA) is 70.2 Å². The monoisotopic (exact) mass is 441 g/mol. The van der Waals surface area contributed by atoms with E-state index < -0.39 is 5.41 Å². The molecule has 1 aromatic carbocycles. The van der Waals surface area contributed by atoms with Gasteiger partial charge < -0.3 is 9.64 Å². The van der Waals surface area contributed by atoms with Crippen molar-refractivity contribution in [3.8, 4) is 5.75 Å². The van der Waals surface area contributed by atoms with Crippen molar-refractivity contribution in [2.24, 2.45) is 0 Å². The van der Waals surface area contributed by atoms with Gasteiger partial charge in [0.15, 0.2) is 0 Å². The van der Waals surface area contributed by atoms with Crippen LogP contribution in [-0.4, -0.2) is 72.8 Å². The Bertz CT molecular complexity index is 969. The lowest BCUT2D eigenvalue weighted by Gasteiger charge is -2.36. The van der Waals surface area contributed by atoms with E-state index in [1.807, 2.05) is 4.90 Å². The molecule has 31 heavy (non-hydrogen) atoms. The zero-order valence-corrected chi connectivity index (χ0v) is 18.7. The Morgan fingerprint density at radius 2 is 1.94 bits per heavy atom. The molecule has 0 N–H and O–H groups in total. The normalized spacial score (nSPS) is 22.3. The Morgan fingerprint density at radius 1 is 1.16 bits per heavy atom. The number of rotatable bonds is 6. The summed E-state index contributed by atoms with van der Waals surface area (Å²) in [7, 11) is 3.04. The third-order valence-electron chi connectivity index (χ3n) is 6.33. The molecule has 3 heterocycles. The smallest absolute Gasteiger partial charge is 0.240 e. The van der Waals surface area contributed by atoms with E-state index in [-0.39, 0.29) is 30.6 Å². The lowest BCUT2D eigenvalue weighted by atomic mass is 9.75. The first kappa shape index (κ1) is 21.5. The van der Waals surface area contributed by atoms with Gasteiger partial charge in [-0.05, 0) is 40.1 Å². The molecule has 8 heteroatoms. The van der Waals surface area contributed by atoms with Gasteiger partial charge in [-0.15, -0.1) is 0 Å². The Labute approximate surface area is 186 Å². The standard InChI is InChI=1S/C23H27N3O4S/c1-24-20(27)13-23(22(24)29,18-4-3-5-19(12-18)30-2)14-21(28)26-9-7-25(8-10-26)15-17-6-11-31-16-17/h3-6,11-12,16H,7-10,13-15H2,1-2H3. The summed E-state index contributed by atoms with van der Waals surface area (Å²) in [6.45, 7) is 3.71. The average molecular weight is 442 g/mol. The fourth-order valence-corrected chi connectivity index (χ4v) is 5.10. The summed E-state index contributed by atoms with van der Waals surface area (Å²) < 4.78 is 5.31. The number of methoxy groups -OCH3 is 1. The Hall–Kier alpha value is -2.71. The van der Waals surface area contributed by atoms with Gasteiger partial charge >= 0.3 is 0 Å². The highest BCUT2D eigenvalue weighted by atomic mass is 32.1. The molecule has 1 unspecified atom stereocenters. The van der Waals surface area contributed by atoms with E-state index in [4.69, 9.17) is 4.74 Å². The average Bonchev–Trinajstić information content (AvgIpc) is 3.37. The molecule has 2 fully saturated rings. The molecule has 1 aromatic heterocycles. The van der Waals surface area contributed by atoms with Crippen LogP contribution < -0.4 is 4.74 Å². The zero-order chi connectivity index (χ0) is 22.0. The number of imide groups is 1. The Balaban J connectivity index is 1.49. The highest BCUT2D eigenvalue weighted by Gasteiger charge is 2.53. The third-order valence-corrected chi connectivity index (χ3v) is 7.06. The molecule has 0 saturated carbocycles. The highest BCUT2D eigenvalue weighted by Crippen LogP contribution is 2.41. The van der Waals surface area contributed by atoms with Crippen molar-refractivity contribution in [3.05, 3.63) is 52.2 Å². The largest absolute Gasteiger partial charge is 0.497 e.